The zero-order valence-electron chi connectivity index (χ0n) is 11.5. The van der Waals surface area contributed by atoms with Crippen LogP contribution in [0.4, 0.5) is 10.1 Å². The number of fused-ring (bicyclic) bond motifs is 1. The molecule has 1 aliphatic rings. The van der Waals surface area contributed by atoms with Crippen molar-refractivity contribution < 1.29 is 9.13 Å². The number of thiophene rings is 1. The first-order valence-electron chi connectivity index (χ1n) is 7.03. The van der Waals surface area contributed by atoms with Gasteiger partial charge in [-0.3, -0.25) is 0 Å². The first kappa shape index (κ1) is 13.4. The van der Waals surface area contributed by atoms with E-state index in [0.717, 1.165) is 12.1 Å². The highest BCUT2D eigenvalue weighted by atomic mass is 32.1. The number of rotatable bonds is 4. The average Bonchev–Trinajstić information content (AvgIpc) is 2.91. The Morgan fingerprint density at radius 2 is 2.30 bits per heavy atom. The number of anilines is 1. The minimum Gasteiger partial charge on any atom is -0.491 e. The van der Waals surface area contributed by atoms with Crippen molar-refractivity contribution in [2.24, 2.45) is 0 Å². The molecule has 1 heterocycles. The number of hydrogen-bond acceptors (Lipinski definition) is 3. The average molecular weight is 291 g/mol. The predicted octanol–water partition coefficient (Wildman–Crippen LogP) is 4.78. The third kappa shape index (κ3) is 2.66. The largest absolute Gasteiger partial charge is 0.491 e. The number of hydrogen-bond donors (Lipinski definition) is 1. The molecule has 0 bridgehead atoms. The van der Waals surface area contributed by atoms with Crippen molar-refractivity contribution >= 4 is 17.0 Å². The molecule has 1 atom stereocenters. The van der Waals surface area contributed by atoms with Crippen LogP contribution in [0.1, 0.15) is 36.2 Å². The fraction of sp³-hybridized carbons (Fsp3) is 0.375. The van der Waals surface area contributed by atoms with Gasteiger partial charge in [-0.2, -0.15) is 0 Å². The lowest BCUT2D eigenvalue weighted by Crippen LogP contribution is -2.15. The molecular weight excluding hydrogens is 273 g/mol. The van der Waals surface area contributed by atoms with Crippen molar-refractivity contribution in [3.8, 4) is 5.75 Å². The van der Waals surface area contributed by atoms with E-state index in [1.54, 1.807) is 6.07 Å². The van der Waals surface area contributed by atoms with Gasteiger partial charge in [0.25, 0.3) is 0 Å². The number of aryl methyl sites for hydroxylation is 1. The molecule has 1 aromatic carbocycles. The van der Waals surface area contributed by atoms with Crippen molar-refractivity contribution in [1.29, 1.82) is 0 Å². The van der Waals surface area contributed by atoms with Crippen LogP contribution in [0.15, 0.2) is 29.6 Å². The Balaban J connectivity index is 1.78. The normalized spacial score (nSPS) is 17.6. The summed E-state index contributed by atoms with van der Waals surface area (Å²) in [5.74, 6) is 0.0103. The van der Waals surface area contributed by atoms with Gasteiger partial charge in [-0.1, -0.05) is 0 Å². The molecule has 0 aliphatic heterocycles. The third-order valence-electron chi connectivity index (χ3n) is 3.62. The van der Waals surface area contributed by atoms with Gasteiger partial charge in [0.1, 0.15) is 0 Å². The Kier molecular flexibility index (Phi) is 3.92. The van der Waals surface area contributed by atoms with Gasteiger partial charge in [0.2, 0.25) is 0 Å². The Bertz CT molecular complexity index is 596. The van der Waals surface area contributed by atoms with E-state index in [1.807, 2.05) is 24.3 Å². The smallest absolute Gasteiger partial charge is 0.167 e. The molecule has 1 aliphatic carbocycles. The second-order valence-electron chi connectivity index (χ2n) is 4.97. The van der Waals surface area contributed by atoms with Crippen molar-refractivity contribution in [3.63, 3.8) is 0 Å². The molecule has 2 aromatic rings. The van der Waals surface area contributed by atoms with Crippen LogP contribution >= 0.6 is 11.3 Å². The Morgan fingerprint density at radius 1 is 1.40 bits per heavy atom. The minimum atomic E-state index is -0.307. The molecule has 0 spiro atoms. The van der Waals surface area contributed by atoms with Gasteiger partial charge in [0.15, 0.2) is 11.6 Å². The molecule has 4 heteroatoms. The molecule has 1 aromatic heterocycles. The molecule has 20 heavy (non-hydrogen) atoms. The first-order chi connectivity index (χ1) is 9.78. The molecular formula is C16H18FNOS. The van der Waals surface area contributed by atoms with E-state index in [9.17, 15) is 4.39 Å². The molecule has 0 saturated carbocycles. The zero-order chi connectivity index (χ0) is 13.9. The summed E-state index contributed by atoms with van der Waals surface area (Å²) in [6.07, 6.45) is 3.45. The van der Waals surface area contributed by atoms with Gasteiger partial charge in [0.05, 0.1) is 12.6 Å². The summed E-state index contributed by atoms with van der Waals surface area (Å²) in [6.45, 7) is 2.33. The van der Waals surface area contributed by atoms with Gasteiger partial charge < -0.3 is 10.1 Å². The summed E-state index contributed by atoms with van der Waals surface area (Å²) in [5, 5.41) is 5.59. The van der Waals surface area contributed by atoms with Gasteiger partial charge in [0, 0.05) is 16.6 Å². The lowest BCUT2D eigenvalue weighted by atomic mass is 9.94. The predicted molar refractivity (Wildman–Crippen MR) is 81.2 cm³/mol. The van der Waals surface area contributed by atoms with E-state index >= 15 is 0 Å². The molecule has 0 saturated heterocycles. The summed E-state index contributed by atoms with van der Waals surface area (Å²) in [7, 11) is 0. The van der Waals surface area contributed by atoms with Crippen LogP contribution in [0.5, 0.6) is 5.75 Å². The van der Waals surface area contributed by atoms with E-state index in [1.165, 1.54) is 29.3 Å². The summed E-state index contributed by atoms with van der Waals surface area (Å²) < 4.78 is 19.1. The fourth-order valence-corrected chi connectivity index (χ4v) is 3.69. The first-order valence-corrected chi connectivity index (χ1v) is 7.91. The number of halogens is 1. The molecule has 0 fully saturated rings. The maximum absolute atomic E-state index is 13.9. The Morgan fingerprint density at radius 3 is 3.10 bits per heavy atom. The molecule has 3 rings (SSSR count). The molecule has 1 unspecified atom stereocenters. The maximum Gasteiger partial charge on any atom is 0.167 e. The van der Waals surface area contributed by atoms with Crippen LogP contribution in [-0.4, -0.2) is 6.61 Å². The number of nitrogens with one attached hydrogen (secondary N) is 1. The van der Waals surface area contributed by atoms with Crippen molar-refractivity contribution in [1.82, 2.24) is 0 Å². The number of ether oxygens (including phenoxy) is 1. The van der Waals surface area contributed by atoms with Crippen LogP contribution in [0.25, 0.3) is 0 Å². The quantitative estimate of drug-likeness (QED) is 0.875. The van der Waals surface area contributed by atoms with E-state index in [0.29, 0.717) is 18.4 Å². The lowest BCUT2D eigenvalue weighted by Gasteiger charge is -2.24. The monoisotopic (exact) mass is 291 g/mol. The minimum absolute atomic E-state index is 0.294. The van der Waals surface area contributed by atoms with Crippen LogP contribution in [-0.2, 0) is 6.42 Å². The highest BCUT2D eigenvalue weighted by molar-refractivity contribution is 7.10. The molecule has 106 valence electrons. The zero-order valence-corrected chi connectivity index (χ0v) is 12.3. The van der Waals surface area contributed by atoms with Gasteiger partial charge in [-0.15, -0.1) is 11.3 Å². The summed E-state index contributed by atoms with van der Waals surface area (Å²) in [6, 6.07) is 7.57. The van der Waals surface area contributed by atoms with Crippen LogP contribution in [0, 0.1) is 5.82 Å². The van der Waals surface area contributed by atoms with E-state index in [-0.39, 0.29) is 5.82 Å². The summed E-state index contributed by atoms with van der Waals surface area (Å²) in [4.78, 5) is 1.46. The van der Waals surface area contributed by atoms with Crippen LogP contribution < -0.4 is 10.1 Å². The Hall–Kier alpha value is -1.55. The van der Waals surface area contributed by atoms with Gasteiger partial charge in [-0.05, 0) is 55.3 Å². The second-order valence-corrected chi connectivity index (χ2v) is 5.97. The SMILES string of the molecule is CCOc1ccc(NC2CCCc3sccc32)cc1F. The molecule has 1 N–H and O–H groups in total. The van der Waals surface area contributed by atoms with E-state index in [2.05, 4.69) is 16.8 Å². The molecule has 0 radical (unpaired) electrons. The van der Waals surface area contributed by atoms with Crippen LogP contribution in [0.3, 0.4) is 0 Å². The van der Waals surface area contributed by atoms with Gasteiger partial charge in [-0.25, -0.2) is 4.39 Å². The highest BCUT2D eigenvalue weighted by Gasteiger charge is 2.21. The maximum atomic E-state index is 13.9. The standard InChI is InChI=1S/C16H18FNOS/c1-2-19-15-7-6-11(10-13(15)17)18-14-4-3-5-16-12(14)8-9-20-16/h6-10,14,18H,2-5H2,1H3. The fourth-order valence-electron chi connectivity index (χ4n) is 2.70. The molecule has 0 amide bonds. The third-order valence-corrected chi connectivity index (χ3v) is 4.62. The Labute approximate surface area is 122 Å². The van der Waals surface area contributed by atoms with E-state index < -0.39 is 0 Å². The highest BCUT2D eigenvalue weighted by Crippen LogP contribution is 2.36. The molecule has 2 nitrogen and oxygen atoms in total. The second kappa shape index (κ2) is 5.83. The van der Waals surface area contributed by atoms with Crippen LogP contribution in [0.2, 0.25) is 0 Å². The van der Waals surface area contributed by atoms with Crippen molar-refractivity contribution in [3.05, 3.63) is 45.9 Å². The summed E-state index contributed by atoms with van der Waals surface area (Å²) in [5.41, 5.74) is 2.19. The van der Waals surface area contributed by atoms with Gasteiger partial charge >= 0.3 is 0 Å². The van der Waals surface area contributed by atoms with Crippen molar-refractivity contribution in [2.45, 2.75) is 32.2 Å². The lowest BCUT2D eigenvalue weighted by molar-refractivity contribution is 0.321. The summed E-state index contributed by atoms with van der Waals surface area (Å²) >= 11 is 1.82. The van der Waals surface area contributed by atoms with Crippen molar-refractivity contribution in [2.75, 3.05) is 11.9 Å². The number of benzene rings is 1. The van der Waals surface area contributed by atoms with E-state index in [4.69, 9.17) is 4.74 Å². The topological polar surface area (TPSA) is 21.3 Å².